The summed E-state index contributed by atoms with van der Waals surface area (Å²) >= 11 is 0. The summed E-state index contributed by atoms with van der Waals surface area (Å²) in [6, 6.07) is 0. The molecular weight excluding hydrogens is 333 g/mol. The number of nitrogen functional groups attached to an aromatic ring is 1. The number of aromatic nitrogens is 2. The van der Waals surface area contributed by atoms with E-state index in [9.17, 15) is 9.36 Å². The smallest absolute Gasteiger partial charge is 0.351 e. The first kappa shape index (κ1) is 19.1. The molecule has 1 aromatic rings. The number of aryl methyl sites for hydroxylation is 1. The van der Waals surface area contributed by atoms with Crippen LogP contribution in [0.1, 0.15) is 11.8 Å². The highest BCUT2D eigenvalue weighted by Crippen LogP contribution is 2.44. The van der Waals surface area contributed by atoms with Gasteiger partial charge in [-0.15, -0.1) is 0 Å². The maximum absolute atomic E-state index is 12.3. The molecule has 2 heterocycles. The number of rotatable bonds is 5. The Morgan fingerprint density at radius 3 is 2.79 bits per heavy atom. The number of likely N-dealkylation sites (N-methyl/N-ethyl adjacent to an activating group) is 1. The van der Waals surface area contributed by atoms with Gasteiger partial charge in [0.05, 0.1) is 12.7 Å². The van der Waals surface area contributed by atoms with Gasteiger partial charge in [0.2, 0.25) is 0 Å². The lowest BCUT2D eigenvalue weighted by atomic mass is 10.2. The molecule has 1 aromatic heterocycles. The summed E-state index contributed by atoms with van der Waals surface area (Å²) in [5, 5.41) is 0. The van der Waals surface area contributed by atoms with Crippen molar-refractivity contribution in [3.05, 3.63) is 22.2 Å². The Labute approximate surface area is 141 Å². The second kappa shape index (κ2) is 7.33. The van der Waals surface area contributed by atoms with E-state index in [-0.39, 0.29) is 18.5 Å². The number of ether oxygens (including phenoxy) is 1. The Kier molecular flexibility index (Phi) is 5.83. The van der Waals surface area contributed by atoms with Crippen molar-refractivity contribution in [3.63, 3.8) is 0 Å². The molecule has 136 valence electrons. The lowest BCUT2D eigenvalue weighted by Crippen LogP contribution is -2.47. The van der Waals surface area contributed by atoms with Crippen LogP contribution in [0.25, 0.3) is 0 Å². The molecule has 0 bridgehead atoms. The normalized spacial score (nSPS) is 24.9. The lowest BCUT2D eigenvalue weighted by molar-refractivity contribution is -0.128. The number of nitrogens with zero attached hydrogens (tertiary/aromatic N) is 4. The van der Waals surface area contributed by atoms with Crippen molar-refractivity contribution < 1.29 is 13.8 Å². The topological polar surface area (TPSA) is 103 Å². The van der Waals surface area contributed by atoms with Crippen molar-refractivity contribution in [1.82, 2.24) is 19.1 Å². The van der Waals surface area contributed by atoms with E-state index in [1.165, 1.54) is 4.57 Å². The Bertz CT molecular complexity index is 692. The van der Waals surface area contributed by atoms with Gasteiger partial charge in [-0.05, 0) is 28.1 Å². The summed E-state index contributed by atoms with van der Waals surface area (Å²) in [7, 11) is 2.52. The van der Waals surface area contributed by atoms with E-state index < -0.39 is 19.4 Å². The van der Waals surface area contributed by atoms with Gasteiger partial charge in [-0.1, -0.05) is 0 Å². The highest BCUT2D eigenvalue weighted by molar-refractivity contribution is 7.55. The minimum atomic E-state index is -2.83. The predicted octanol–water partition coefficient (Wildman–Crippen LogP) is 0.364. The van der Waals surface area contributed by atoms with E-state index in [2.05, 4.69) is 4.98 Å². The molecule has 0 amide bonds. The van der Waals surface area contributed by atoms with Crippen LogP contribution >= 0.6 is 7.52 Å². The van der Waals surface area contributed by atoms with E-state index in [0.717, 1.165) is 0 Å². The van der Waals surface area contributed by atoms with Crippen molar-refractivity contribution >= 4 is 13.3 Å². The van der Waals surface area contributed by atoms with Gasteiger partial charge >= 0.3 is 5.69 Å². The van der Waals surface area contributed by atoms with Gasteiger partial charge in [0.15, 0.2) is 6.23 Å². The lowest BCUT2D eigenvalue weighted by Gasteiger charge is -2.37. The quantitative estimate of drug-likeness (QED) is 0.752. The number of anilines is 1. The first-order valence-corrected chi connectivity index (χ1v) is 9.71. The Morgan fingerprint density at radius 1 is 1.50 bits per heavy atom. The highest BCUT2D eigenvalue weighted by atomic mass is 31.2. The molecule has 1 unspecified atom stereocenters. The summed E-state index contributed by atoms with van der Waals surface area (Å²) in [5.74, 6) is 0.221. The molecule has 1 aliphatic heterocycles. The number of hydrogen-bond donors (Lipinski definition) is 1. The van der Waals surface area contributed by atoms with Gasteiger partial charge < -0.3 is 15.0 Å². The summed E-state index contributed by atoms with van der Waals surface area (Å²) in [6.45, 7) is 4.70. The SMILES string of the molecule is Cc1cn([C@H]2CN(C)C[C@@H](COP(C)(=O)N(C)C)O2)c(=O)nc1N. The summed E-state index contributed by atoms with van der Waals surface area (Å²) in [5.41, 5.74) is 5.93. The maximum Gasteiger partial charge on any atom is 0.351 e. The molecule has 0 spiro atoms. The van der Waals surface area contributed by atoms with Crippen molar-refractivity contribution in [1.29, 1.82) is 0 Å². The molecule has 1 fully saturated rings. The first-order chi connectivity index (χ1) is 11.1. The van der Waals surface area contributed by atoms with E-state index in [1.807, 2.05) is 11.9 Å². The molecular formula is C14H26N5O4P. The van der Waals surface area contributed by atoms with Crippen LogP contribution in [0.4, 0.5) is 5.82 Å². The van der Waals surface area contributed by atoms with Crippen molar-refractivity contribution in [3.8, 4) is 0 Å². The van der Waals surface area contributed by atoms with Crippen LogP contribution in [0.2, 0.25) is 0 Å². The van der Waals surface area contributed by atoms with Crippen molar-refractivity contribution in [2.45, 2.75) is 19.3 Å². The monoisotopic (exact) mass is 359 g/mol. The third-order valence-corrected chi connectivity index (χ3v) is 6.12. The fourth-order valence-corrected chi connectivity index (χ4v) is 3.04. The molecule has 0 aromatic carbocycles. The largest absolute Gasteiger partial charge is 0.383 e. The van der Waals surface area contributed by atoms with Crippen LogP contribution in [-0.2, 0) is 13.8 Å². The van der Waals surface area contributed by atoms with Gasteiger partial charge in [-0.3, -0.25) is 14.0 Å². The molecule has 2 N–H and O–H groups in total. The zero-order chi connectivity index (χ0) is 18.1. The maximum atomic E-state index is 12.3. The van der Waals surface area contributed by atoms with Crippen LogP contribution in [0.5, 0.6) is 0 Å². The standard InChI is InChI=1S/C14H26N5O4P/c1-10-6-19(14(20)16-13(10)15)12-8-18(4)7-11(23-12)9-22-24(5,21)17(2)3/h6,11-12H,7-9H2,1-5H3,(H2,15,16,20)/t11-,12+,24?/m0/s1. The van der Waals surface area contributed by atoms with Gasteiger partial charge in [0.25, 0.3) is 7.52 Å². The minimum absolute atomic E-state index is 0.183. The van der Waals surface area contributed by atoms with Crippen molar-refractivity contribution in [2.75, 3.05) is 53.2 Å². The van der Waals surface area contributed by atoms with Gasteiger partial charge in [0.1, 0.15) is 5.82 Å². The molecule has 0 saturated carbocycles. The first-order valence-electron chi connectivity index (χ1n) is 7.69. The molecule has 2 rings (SSSR count). The van der Waals surface area contributed by atoms with Crippen LogP contribution in [0.3, 0.4) is 0 Å². The second-order valence-corrected chi connectivity index (χ2v) is 9.04. The average molecular weight is 359 g/mol. The highest BCUT2D eigenvalue weighted by Gasteiger charge is 2.30. The second-order valence-electron chi connectivity index (χ2n) is 6.38. The third-order valence-electron chi connectivity index (χ3n) is 4.04. The molecule has 0 aliphatic carbocycles. The van der Waals surface area contributed by atoms with Gasteiger partial charge in [-0.2, -0.15) is 4.98 Å². The zero-order valence-electron chi connectivity index (χ0n) is 14.8. The Balaban J connectivity index is 2.12. The average Bonchev–Trinajstić information content (AvgIpc) is 2.48. The molecule has 9 nitrogen and oxygen atoms in total. The third kappa shape index (κ3) is 4.43. The molecule has 3 atom stereocenters. The number of nitrogens with two attached hydrogens (primary N) is 1. The van der Waals surface area contributed by atoms with E-state index in [4.69, 9.17) is 15.0 Å². The Morgan fingerprint density at radius 2 is 2.17 bits per heavy atom. The molecule has 0 radical (unpaired) electrons. The van der Waals surface area contributed by atoms with Crippen LogP contribution < -0.4 is 11.4 Å². The number of morpholine rings is 1. The fourth-order valence-electron chi connectivity index (χ4n) is 2.36. The summed E-state index contributed by atoms with van der Waals surface area (Å²) < 4.78 is 26.8. The fraction of sp³-hybridized carbons (Fsp3) is 0.714. The molecule has 10 heteroatoms. The van der Waals surface area contributed by atoms with E-state index >= 15 is 0 Å². The van der Waals surface area contributed by atoms with E-state index in [0.29, 0.717) is 18.7 Å². The van der Waals surface area contributed by atoms with Crippen LogP contribution in [-0.4, -0.2) is 72.7 Å². The van der Waals surface area contributed by atoms with Gasteiger partial charge in [0, 0.05) is 31.5 Å². The predicted molar refractivity (Wildman–Crippen MR) is 92.2 cm³/mol. The summed E-state index contributed by atoms with van der Waals surface area (Å²) in [4.78, 5) is 18.0. The van der Waals surface area contributed by atoms with Gasteiger partial charge in [-0.25, -0.2) is 9.46 Å². The van der Waals surface area contributed by atoms with Crippen molar-refractivity contribution in [2.24, 2.45) is 0 Å². The zero-order valence-corrected chi connectivity index (χ0v) is 15.7. The Hall–Kier alpha value is -1.25. The summed E-state index contributed by atoms with van der Waals surface area (Å²) in [6.07, 6.45) is 0.857. The van der Waals surface area contributed by atoms with E-state index in [1.54, 1.807) is 38.6 Å². The van der Waals surface area contributed by atoms with Crippen LogP contribution in [0.15, 0.2) is 11.0 Å². The minimum Gasteiger partial charge on any atom is -0.383 e. The van der Waals surface area contributed by atoms with Crippen LogP contribution in [0, 0.1) is 6.92 Å². The molecule has 1 aliphatic rings. The molecule has 1 saturated heterocycles. The molecule has 24 heavy (non-hydrogen) atoms. The number of hydrogen-bond acceptors (Lipinski definition) is 7.